The van der Waals surface area contributed by atoms with Gasteiger partial charge < -0.3 is 10.2 Å². The largest absolute Gasteiger partial charge is 0.316 e. The Hall–Kier alpha value is -0.660. The lowest BCUT2D eigenvalue weighted by Gasteiger charge is -2.15. The predicted octanol–water partition coefficient (Wildman–Crippen LogP) is 1.43. The molecule has 21 heavy (non-hydrogen) atoms. The first-order valence-electron chi connectivity index (χ1n) is 7.18. The molecule has 1 aliphatic rings. The van der Waals surface area contributed by atoms with Gasteiger partial charge >= 0.3 is 0 Å². The molecule has 1 heterocycles. The number of hydrogen-bond acceptors (Lipinski definition) is 4. The van der Waals surface area contributed by atoms with E-state index >= 15 is 0 Å². The van der Waals surface area contributed by atoms with E-state index in [9.17, 15) is 8.42 Å². The fourth-order valence-electron chi connectivity index (χ4n) is 2.47. The third kappa shape index (κ3) is 4.66. The molecule has 0 amide bonds. The summed E-state index contributed by atoms with van der Waals surface area (Å²) in [6, 6.07) is 4.79. The normalized spacial score (nSPS) is 16.5. The molecule has 1 fully saturated rings. The van der Waals surface area contributed by atoms with E-state index in [1.54, 1.807) is 25.2 Å². The molecule has 2 rings (SSSR count). The molecule has 2 N–H and O–H groups in total. The summed E-state index contributed by atoms with van der Waals surface area (Å²) in [6.07, 6.45) is 2.41. The van der Waals surface area contributed by atoms with Crippen LogP contribution in [-0.2, 0) is 16.6 Å². The summed E-state index contributed by atoms with van der Waals surface area (Å²) in [5.41, 5.74) is 0.779. The van der Waals surface area contributed by atoms with E-state index in [2.05, 4.69) is 14.9 Å². The van der Waals surface area contributed by atoms with Crippen molar-refractivity contribution in [3.8, 4) is 0 Å². The molecule has 0 aromatic heterocycles. The van der Waals surface area contributed by atoms with Crippen LogP contribution in [0.4, 0.5) is 0 Å². The highest BCUT2D eigenvalue weighted by atomic mass is 35.5. The highest BCUT2D eigenvalue weighted by Crippen LogP contribution is 2.20. The number of benzene rings is 1. The van der Waals surface area contributed by atoms with Crippen molar-refractivity contribution < 1.29 is 8.42 Å². The van der Waals surface area contributed by atoms with Crippen molar-refractivity contribution >= 4 is 21.6 Å². The summed E-state index contributed by atoms with van der Waals surface area (Å²) in [5, 5.41) is 3.55. The van der Waals surface area contributed by atoms with Crippen molar-refractivity contribution in [3.63, 3.8) is 0 Å². The fourth-order valence-corrected chi connectivity index (χ4v) is 3.73. The molecule has 7 heteroatoms. The van der Waals surface area contributed by atoms with Gasteiger partial charge in [-0.15, -0.1) is 0 Å². The van der Waals surface area contributed by atoms with Gasteiger partial charge in [-0.2, -0.15) is 0 Å². The minimum atomic E-state index is -3.47. The second-order valence-electron chi connectivity index (χ2n) is 5.23. The van der Waals surface area contributed by atoms with Gasteiger partial charge in [0.05, 0.1) is 4.90 Å². The molecular weight excluding hydrogens is 310 g/mol. The summed E-state index contributed by atoms with van der Waals surface area (Å²) in [7, 11) is -1.68. The zero-order valence-corrected chi connectivity index (χ0v) is 13.8. The van der Waals surface area contributed by atoms with Gasteiger partial charge in [-0.25, -0.2) is 13.1 Å². The monoisotopic (exact) mass is 331 g/mol. The van der Waals surface area contributed by atoms with Crippen LogP contribution < -0.4 is 10.0 Å². The molecule has 0 atom stereocenters. The Morgan fingerprint density at radius 1 is 1.29 bits per heavy atom. The van der Waals surface area contributed by atoms with Crippen LogP contribution in [0.1, 0.15) is 18.4 Å². The Bertz CT molecular complexity index is 572. The van der Waals surface area contributed by atoms with Crippen molar-refractivity contribution in [2.45, 2.75) is 24.3 Å². The lowest BCUT2D eigenvalue weighted by molar-refractivity contribution is 0.344. The Kier molecular flexibility index (Phi) is 6.01. The summed E-state index contributed by atoms with van der Waals surface area (Å²) in [6.45, 7) is 3.86. The van der Waals surface area contributed by atoms with E-state index in [-0.39, 0.29) is 4.90 Å². The van der Waals surface area contributed by atoms with E-state index in [0.717, 1.165) is 25.2 Å². The third-order valence-electron chi connectivity index (χ3n) is 3.61. The van der Waals surface area contributed by atoms with Gasteiger partial charge in [0.1, 0.15) is 0 Å². The van der Waals surface area contributed by atoms with Gasteiger partial charge in [-0.1, -0.05) is 11.6 Å². The zero-order valence-electron chi connectivity index (χ0n) is 12.2. The van der Waals surface area contributed by atoms with Crippen LogP contribution in [0.15, 0.2) is 23.1 Å². The second kappa shape index (κ2) is 7.56. The lowest BCUT2D eigenvalue weighted by Crippen LogP contribution is -2.33. The molecule has 118 valence electrons. The van der Waals surface area contributed by atoms with E-state index in [4.69, 9.17) is 11.6 Å². The first-order valence-corrected chi connectivity index (χ1v) is 9.04. The lowest BCUT2D eigenvalue weighted by atomic mass is 10.2. The maximum absolute atomic E-state index is 12.3. The molecule has 1 saturated heterocycles. The average molecular weight is 332 g/mol. The molecule has 0 unspecified atom stereocenters. The molecular formula is C14H22ClN3O2S. The van der Waals surface area contributed by atoms with Crippen LogP contribution in [0.25, 0.3) is 0 Å². The number of rotatable bonds is 7. The molecule has 0 saturated carbocycles. The van der Waals surface area contributed by atoms with Gasteiger partial charge in [0.2, 0.25) is 10.0 Å². The van der Waals surface area contributed by atoms with Gasteiger partial charge in [-0.05, 0) is 56.7 Å². The Balaban J connectivity index is 1.99. The number of likely N-dealkylation sites (tertiary alicyclic amines) is 1. The predicted molar refractivity (Wildman–Crippen MR) is 85.1 cm³/mol. The third-order valence-corrected chi connectivity index (χ3v) is 5.44. The number of nitrogens with zero attached hydrogens (tertiary/aromatic N) is 1. The molecule has 5 nitrogen and oxygen atoms in total. The number of hydrogen-bond donors (Lipinski definition) is 2. The number of sulfonamides is 1. The Labute approximate surface area is 131 Å². The van der Waals surface area contributed by atoms with Gasteiger partial charge in [0, 0.05) is 24.7 Å². The molecule has 1 aromatic carbocycles. The first-order chi connectivity index (χ1) is 10.0. The molecule has 1 aromatic rings. The van der Waals surface area contributed by atoms with Crippen LogP contribution in [-0.4, -0.2) is 46.5 Å². The maximum atomic E-state index is 12.3. The minimum absolute atomic E-state index is 0.263. The van der Waals surface area contributed by atoms with Gasteiger partial charge in [0.25, 0.3) is 0 Å². The van der Waals surface area contributed by atoms with Crippen molar-refractivity contribution in [2.24, 2.45) is 0 Å². The molecule has 0 radical (unpaired) electrons. The Morgan fingerprint density at radius 2 is 2.00 bits per heavy atom. The first kappa shape index (κ1) is 16.7. The highest BCUT2D eigenvalue weighted by Gasteiger charge is 2.17. The second-order valence-corrected chi connectivity index (χ2v) is 7.40. The maximum Gasteiger partial charge on any atom is 0.240 e. The molecule has 0 bridgehead atoms. The van der Waals surface area contributed by atoms with E-state index in [1.807, 2.05) is 0 Å². The van der Waals surface area contributed by atoms with Gasteiger partial charge in [-0.3, -0.25) is 0 Å². The standard InChI is InChI=1S/C14H22ClN3O2S/c1-16-11-12-10-13(4-5-14(12)15)21(19,20)17-6-9-18-7-2-3-8-18/h4-5,10,16-17H,2-3,6-9,11H2,1H3. The highest BCUT2D eigenvalue weighted by molar-refractivity contribution is 7.89. The van der Waals surface area contributed by atoms with Crippen LogP contribution in [0.5, 0.6) is 0 Å². The average Bonchev–Trinajstić information content (AvgIpc) is 2.94. The summed E-state index contributed by atoms with van der Waals surface area (Å²) >= 11 is 6.05. The van der Waals surface area contributed by atoms with Crippen molar-refractivity contribution in [2.75, 3.05) is 33.2 Å². The number of halogens is 1. The van der Waals surface area contributed by atoms with E-state index in [1.165, 1.54) is 12.8 Å². The number of nitrogens with one attached hydrogen (secondary N) is 2. The Morgan fingerprint density at radius 3 is 2.67 bits per heavy atom. The fraction of sp³-hybridized carbons (Fsp3) is 0.571. The summed E-state index contributed by atoms with van der Waals surface area (Å²) < 4.78 is 27.2. The molecule has 0 aliphatic carbocycles. The SMILES string of the molecule is CNCc1cc(S(=O)(=O)NCCN2CCCC2)ccc1Cl. The van der Waals surface area contributed by atoms with E-state index in [0.29, 0.717) is 18.1 Å². The van der Waals surface area contributed by atoms with Crippen LogP contribution >= 0.6 is 11.6 Å². The van der Waals surface area contributed by atoms with Crippen LogP contribution in [0.2, 0.25) is 5.02 Å². The quantitative estimate of drug-likeness (QED) is 0.793. The smallest absolute Gasteiger partial charge is 0.240 e. The van der Waals surface area contributed by atoms with E-state index < -0.39 is 10.0 Å². The van der Waals surface area contributed by atoms with Crippen LogP contribution in [0.3, 0.4) is 0 Å². The topological polar surface area (TPSA) is 61.4 Å². The summed E-state index contributed by atoms with van der Waals surface area (Å²) in [4.78, 5) is 2.54. The van der Waals surface area contributed by atoms with Crippen molar-refractivity contribution in [1.82, 2.24) is 14.9 Å². The van der Waals surface area contributed by atoms with Crippen LogP contribution in [0, 0.1) is 0 Å². The molecule has 0 spiro atoms. The van der Waals surface area contributed by atoms with Crippen molar-refractivity contribution in [1.29, 1.82) is 0 Å². The van der Waals surface area contributed by atoms with Crippen molar-refractivity contribution in [3.05, 3.63) is 28.8 Å². The van der Waals surface area contributed by atoms with Gasteiger partial charge in [0.15, 0.2) is 0 Å². The molecule has 1 aliphatic heterocycles. The summed E-state index contributed by atoms with van der Waals surface area (Å²) in [5.74, 6) is 0. The minimum Gasteiger partial charge on any atom is -0.316 e. The zero-order chi connectivity index (χ0) is 15.3.